The molecule has 0 nitrogen and oxygen atoms in total. The van der Waals surface area contributed by atoms with Gasteiger partial charge in [0.05, 0.1) is 0 Å². The van der Waals surface area contributed by atoms with E-state index in [1.54, 1.807) is 23.9 Å². The van der Waals surface area contributed by atoms with Crippen LogP contribution in [0, 0.1) is 5.82 Å². The average Bonchev–Trinajstić information content (AvgIpc) is 2.33. The maximum atomic E-state index is 12.7. The van der Waals surface area contributed by atoms with Gasteiger partial charge in [-0.15, -0.1) is 11.6 Å². The number of rotatable bonds is 3. The molecule has 0 heterocycles. The van der Waals surface area contributed by atoms with Gasteiger partial charge in [-0.2, -0.15) is 0 Å². The van der Waals surface area contributed by atoms with E-state index in [9.17, 15) is 4.39 Å². The molecule has 0 radical (unpaired) electrons. The van der Waals surface area contributed by atoms with Gasteiger partial charge in [0.15, 0.2) is 0 Å². The second kappa shape index (κ2) is 5.37. The molecular weight excluding hydrogens is 243 g/mol. The number of alkyl halides is 1. The number of benzene rings is 2. The topological polar surface area (TPSA) is 0 Å². The van der Waals surface area contributed by atoms with Crippen LogP contribution < -0.4 is 0 Å². The lowest BCUT2D eigenvalue weighted by Gasteiger charge is -2.06. The first-order valence-corrected chi connectivity index (χ1v) is 6.22. The Balaban J connectivity index is 2.23. The molecule has 0 aromatic heterocycles. The molecule has 0 aliphatic carbocycles. The number of hydrogen-bond donors (Lipinski definition) is 0. The molecule has 0 atom stereocenters. The fourth-order valence-corrected chi connectivity index (χ4v) is 2.60. The zero-order valence-electron chi connectivity index (χ0n) is 8.49. The smallest absolute Gasteiger partial charge is 0.123 e. The number of halogens is 2. The molecule has 0 amide bonds. The minimum absolute atomic E-state index is 0.213. The summed E-state index contributed by atoms with van der Waals surface area (Å²) < 4.78 is 12.7. The first kappa shape index (κ1) is 11.5. The van der Waals surface area contributed by atoms with E-state index in [0.717, 1.165) is 15.4 Å². The minimum atomic E-state index is -0.213. The molecule has 16 heavy (non-hydrogen) atoms. The van der Waals surface area contributed by atoms with Gasteiger partial charge in [-0.25, -0.2) is 4.39 Å². The first-order valence-electron chi connectivity index (χ1n) is 4.87. The summed E-state index contributed by atoms with van der Waals surface area (Å²) in [7, 11) is 0. The normalized spacial score (nSPS) is 10.4. The van der Waals surface area contributed by atoms with Crippen molar-refractivity contribution in [1.82, 2.24) is 0 Å². The molecule has 2 aromatic rings. The summed E-state index contributed by atoms with van der Waals surface area (Å²) in [4.78, 5) is 2.13. The molecule has 2 rings (SSSR count). The van der Waals surface area contributed by atoms with Crippen LogP contribution in [0.5, 0.6) is 0 Å². The Labute approximate surface area is 103 Å². The van der Waals surface area contributed by atoms with Crippen molar-refractivity contribution in [3.05, 3.63) is 59.9 Å². The molecule has 82 valence electrons. The van der Waals surface area contributed by atoms with Crippen LogP contribution in [-0.2, 0) is 5.88 Å². The van der Waals surface area contributed by atoms with E-state index in [1.165, 1.54) is 12.1 Å². The predicted octanol–water partition coefficient (Wildman–Crippen LogP) is 4.72. The standard InChI is InChI=1S/C13H10ClFS/c14-9-10-3-1-2-4-13(10)16-12-7-5-11(15)6-8-12/h1-8H,9H2. The second-order valence-corrected chi connectivity index (χ2v) is 4.68. The van der Waals surface area contributed by atoms with Crippen LogP contribution in [0.2, 0.25) is 0 Å². The number of hydrogen-bond acceptors (Lipinski definition) is 1. The van der Waals surface area contributed by atoms with Crippen LogP contribution in [0.15, 0.2) is 58.3 Å². The molecule has 0 spiro atoms. The third-order valence-corrected chi connectivity index (χ3v) is 3.57. The van der Waals surface area contributed by atoms with E-state index in [-0.39, 0.29) is 5.82 Å². The first-order chi connectivity index (χ1) is 7.79. The highest BCUT2D eigenvalue weighted by Gasteiger charge is 2.02. The van der Waals surface area contributed by atoms with Crippen LogP contribution in [0.1, 0.15) is 5.56 Å². The van der Waals surface area contributed by atoms with Gasteiger partial charge in [0.2, 0.25) is 0 Å². The molecule has 0 fully saturated rings. The molecule has 0 aliphatic rings. The second-order valence-electron chi connectivity index (χ2n) is 3.30. The van der Waals surface area contributed by atoms with Gasteiger partial charge in [-0.05, 0) is 35.9 Å². The highest BCUT2D eigenvalue weighted by molar-refractivity contribution is 7.99. The third kappa shape index (κ3) is 2.77. The van der Waals surface area contributed by atoms with E-state index < -0.39 is 0 Å². The van der Waals surface area contributed by atoms with Gasteiger partial charge in [-0.1, -0.05) is 30.0 Å². The molecular formula is C13H10ClFS. The van der Waals surface area contributed by atoms with Crippen LogP contribution in [0.25, 0.3) is 0 Å². The lowest BCUT2D eigenvalue weighted by Crippen LogP contribution is -1.83. The van der Waals surface area contributed by atoms with Gasteiger partial charge < -0.3 is 0 Å². The van der Waals surface area contributed by atoms with Crippen molar-refractivity contribution < 1.29 is 4.39 Å². The van der Waals surface area contributed by atoms with Gasteiger partial charge in [0.1, 0.15) is 5.82 Å². The molecule has 2 aromatic carbocycles. The molecule has 0 bridgehead atoms. The van der Waals surface area contributed by atoms with E-state index in [1.807, 2.05) is 24.3 Å². The van der Waals surface area contributed by atoms with Crippen LogP contribution in [0.4, 0.5) is 4.39 Å². The Hall–Kier alpha value is -0.990. The maximum Gasteiger partial charge on any atom is 0.123 e. The van der Waals surface area contributed by atoms with E-state index in [0.29, 0.717) is 5.88 Å². The summed E-state index contributed by atoms with van der Waals surface area (Å²) in [6.45, 7) is 0. The third-order valence-electron chi connectivity index (χ3n) is 2.16. The van der Waals surface area contributed by atoms with Crippen molar-refractivity contribution in [2.75, 3.05) is 0 Å². The van der Waals surface area contributed by atoms with Crippen molar-refractivity contribution in [3.63, 3.8) is 0 Å². The zero-order chi connectivity index (χ0) is 11.4. The van der Waals surface area contributed by atoms with Crippen LogP contribution in [0.3, 0.4) is 0 Å². The van der Waals surface area contributed by atoms with E-state index in [4.69, 9.17) is 11.6 Å². The van der Waals surface area contributed by atoms with Gasteiger partial charge >= 0.3 is 0 Å². The fraction of sp³-hybridized carbons (Fsp3) is 0.0769. The lowest BCUT2D eigenvalue weighted by molar-refractivity contribution is 0.626. The molecule has 0 saturated heterocycles. The van der Waals surface area contributed by atoms with Crippen molar-refractivity contribution in [1.29, 1.82) is 0 Å². The molecule has 0 unspecified atom stereocenters. The Bertz CT molecular complexity index is 468. The fourth-order valence-electron chi connectivity index (χ4n) is 1.34. The highest BCUT2D eigenvalue weighted by atomic mass is 35.5. The summed E-state index contributed by atoms with van der Waals surface area (Å²) in [5.74, 6) is 0.277. The zero-order valence-corrected chi connectivity index (χ0v) is 10.1. The maximum absolute atomic E-state index is 12.7. The Kier molecular flexibility index (Phi) is 3.86. The van der Waals surface area contributed by atoms with Crippen LogP contribution >= 0.6 is 23.4 Å². The van der Waals surface area contributed by atoms with Crippen molar-refractivity contribution in [2.45, 2.75) is 15.7 Å². The molecule has 0 saturated carbocycles. The Morgan fingerprint density at radius 3 is 2.38 bits per heavy atom. The minimum Gasteiger partial charge on any atom is -0.207 e. The summed E-state index contributed by atoms with van der Waals surface area (Å²) in [6, 6.07) is 14.4. The monoisotopic (exact) mass is 252 g/mol. The van der Waals surface area contributed by atoms with Crippen molar-refractivity contribution in [3.8, 4) is 0 Å². The molecule has 3 heteroatoms. The highest BCUT2D eigenvalue weighted by Crippen LogP contribution is 2.31. The SMILES string of the molecule is Fc1ccc(Sc2ccccc2CCl)cc1. The summed E-state index contributed by atoms with van der Waals surface area (Å²) >= 11 is 7.45. The van der Waals surface area contributed by atoms with E-state index >= 15 is 0 Å². The van der Waals surface area contributed by atoms with Crippen molar-refractivity contribution >= 4 is 23.4 Å². The van der Waals surface area contributed by atoms with E-state index in [2.05, 4.69) is 0 Å². The van der Waals surface area contributed by atoms with Crippen LogP contribution in [-0.4, -0.2) is 0 Å². The molecule has 0 aliphatic heterocycles. The Morgan fingerprint density at radius 2 is 1.69 bits per heavy atom. The summed E-state index contributed by atoms with van der Waals surface area (Å²) in [5.41, 5.74) is 1.10. The Morgan fingerprint density at radius 1 is 1.00 bits per heavy atom. The van der Waals surface area contributed by atoms with Gasteiger partial charge in [0.25, 0.3) is 0 Å². The molecule has 0 N–H and O–H groups in total. The predicted molar refractivity (Wildman–Crippen MR) is 66.5 cm³/mol. The average molecular weight is 253 g/mol. The lowest BCUT2D eigenvalue weighted by atomic mass is 10.2. The largest absolute Gasteiger partial charge is 0.207 e. The summed E-state index contributed by atoms with van der Waals surface area (Å²) in [5, 5.41) is 0. The van der Waals surface area contributed by atoms with Gasteiger partial charge in [0, 0.05) is 15.7 Å². The quantitative estimate of drug-likeness (QED) is 0.713. The van der Waals surface area contributed by atoms with Crippen molar-refractivity contribution in [2.24, 2.45) is 0 Å². The summed E-state index contributed by atoms with van der Waals surface area (Å²) in [6.07, 6.45) is 0. The van der Waals surface area contributed by atoms with Gasteiger partial charge in [-0.3, -0.25) is 0 Å².